The number of phenolic OH excluding ortho intramolecular Hbond substituents is 1. The Kier molecular flexibility index (Phi) is 14.7. The van der Waals surface area contributed by atoms with Crippen LogP contribution in [0.2, 0.25) is 0 Å². The van der Waals surface area contributed by atoms with E-state index in [9.17, 15) is 34.5 Å². The lowest BCUT2D eigenvalue weighted by molar-refractivity contribution is -0.164. The number of aliphatic hydroxyl groups is 2. The lowest BCUT2D eigenvalue weighted by Crippen LogP contribution is -2.73. The van der Waals surface area contributed by atoms with Gasteiger partial charge in [0.2, 0.25) is 11.2 Å². The predicted molar refractivity (Wildman–Crippen MR) is 281 cm³/mol. The molecule has 5 N–H and O–H groups in total. The summed E-state index contributed by atoms with van der Waals surface area (Å²) in [6.07, 6.45) is 1.63. The van der Waals surface area contributed by atoms with Crippen molar-refractivity contribution in [3.63, 3.8) is 0 Å². The van der Waals surface area contributed by atoms with Crippen molar-refractivity contribution in [3.05, 3.63) is 213 Å². The highest BCUT2D eigenvalue weighted by molar-refractivity contribution is 5.96. The van der Waals surface area contributed by atoms with Gasteiger partial charge in [0.25, 0.3) is 11.8 Å². The molecule has 1 aromatic heterocycles. The number of nitrogens with one attached hydrogen (secondary N) is 2. The first-order valence-corrected chi connectivity index (χ1v) is 25.4. The van der Waals surface area contributed by atoms with Gasteiger partial charge in [-0.2, -0.15) is 0 Å². The van der Waals surface area contributed by atoms with Crippen LogP contribution in [0.5, 0.6) is 11.5 Å². The van der Waals surface area contributed by atoms with E-state index in [0.29, 0.717) is 83.6 Å². The molecule has 3 aliphatic heterocycles. The fraction of sp³-hybridized carbons (Fsp3) is 0.300. The quantitative estimate of drug-likeness (QED) is 0.0442. The zero-order valence-electron chi connectivity index (χ0n) is 41.2. The van der Waals surface area contributed by atoms with Gasteiger partial charge >= 0.3 is 5.97 Å². The van der Waals surface area contributed by atoms with E-state index in [1.165, 1.54) is 17.7 Å². The molecule has 3 aliphatic rings. The number of fused-ring (bicyclic) bond motifs is 1. The zero-order valence-corrected chi connectivity index (χ0v) is 41.2. The molecule has 6 aromatic carbocycles. The summed E-state index contributed by atoms with van der Waals surface area (Å²) in [7, 11) is 0. The lowest BCUT2D eigenvalue weighted by Gasteiger charge is -2.60. The molecule has 2 atom stereocenters. The summed E-state index contributed by atoms with van der Waals surface area (Å²) in [5.74, 6) is -0.218. The first-order valence-electron chi connectivity index (χ1n) is 25.4. The number of rotatable bonds is 18. The summed E-state index contributed by atoms with van der Waals surface area (Å²) < 4.78 is 12.1. The Morgan fingerprint density at radius 2 is 1.34 bits per heavy atom. The minimum atomic E-state index is -2.05. The molecule has 0 aliphatic carbocycles. The maximum Gasteiger partial charge on any atom is 0.347 e. The first kappa shape index (κ1) is 49.9. The number of amides is 2. The number of esters is 1. The van der Waals surface area contributed by atoms with E-state index in [1.807, 2.05) is 58.3 Å². The second-order valence-electron chi connectivity index (χ2n) is 20.2. The number of H-pyrrole nitrogens is 1. The number of aromatic nitrogens is 1. The Bertz CT molecular complexity index is 3150. The highest BCUT2D eigenvalue weighted by Crippen LogP contribution is 2.41. The number of aliphatic hydroxyl groups excluding tert-OH is 1. The molecule has 0 saturated carbocycles. The van der Waals surface area contributed by atoms with E-state index in [4.69, 9.17) is 9.47 Å². The summed E-state index contributed by atoms with van der Waals surface area (Å²) >= 11 is 0. The van der Waals surface area contributed by atoms with Crippen molar-refractivity contribution in [2.45, 2.75) is 44.1 Å². The molecule has 14 nitrogen and oxygen atoms in total. The highest BCUT2D eigenvalue weighted by Gasteiger charge is 2.54. The van der Waals surface area contributed by atoms with Crippen molar-refractivity contribution >= 4 is 28.7 Å². The fourth-order valence-electron chi connectivity index (χ4n) is 10.6. The maximum atomic E-state index is 13.9. The van der Waals surface area contributed by atoms with E-state index >= 15 is 0 Å². The Labute approximate surface area is 429 Å². The van der Waals surface area contributed by atoms with Crippen LogP contribution in [-0.2, 0) is 34.7 Å². The summed E-state index contributed by atoms with van der Waals surface area (Å²) in [6, 6.07) is 47.1. The minimum Gasteiger partial charge on any atom is -0.506 e. The van der Waals surface area contributed by atoms with Crippen LogP contribution in [0.15, 0.2) is 163 Å². The summed E-state index contributed by atoms with van der Waals surface area (Å²) in [4.78, 5) is 61.3. The van der Waals surface area contributed by atoms with Gasteiger partial charge < -0.3 is 44.9 Å². The largest absolute Gasteiger partial charge is 0.506 e. The molecule has 7 aromatic rings. The number of carbonyl (C=O) groups is 3. The number of phenols is 1. The molecule has 1 spiro atoms. The molecule has 2 amide bonds. The predicted octanol–water partition coefficient (Wildman–Crippen LogP) is 6.97. The van der Waals surface area contributed by atoms with Crippen LogP contribution in [0, 0.1) is 11.3 Å². The second kappa shape index (κ2) is 21.8. The fourth-order valence-corrected chi connectivity index (χ4v) is 10.6. The standard InChI is InChI=1S/C60H61N5O9/c66-52-24-22-50(51-23-25-54(68)62-55(51)52)53(67)33-61-29-26-41-14-18-45(19-15-41)56(69)64-37-59(38-64)39-65(40-59)57(70)46-20-16-43(17-21-46)35-73-49-13-7-12-48(32-49)60(72,47-10-5-2-6-11-47)58(71)74-36-44-27-30-63(31-28-44)34-42-8-3-1-4-9-42/h1-25,32,44,53,61,66-67,72H,26-31,33-40H2,(H,62,68)/t53-,60-/m0/s1. The van der Waals surface area contributed by atoms with Crippen LogP contribution in [-0.4, -0.2) is 112 Å². The smallest absolute Gasteiger partial charge is 0.347 e. The Morgan fingerprint density at radius 3 is 2.00 bits per heavy atom. The van der Waals surface area contributed by atoms with Gasteiger partial charge in [0.15, 0.2) is 0 Å². The molecule has 0 unspecified atom stereocenters. The summed E-state index contributed by atoms with van der Waals surface area (Å²) in [6.45, 7) is 6.35. The number of likely N-dealkylation sites (tertiary alicyclic amines) is 3. The molecule has 0 radical (unpaired) electrons. The van der Waals surface area contributed by atoms with Crippen molar-refractivity contribution in [1.82, 2.24) is 25.0 Å². The minimum absolute atomic E-state index is 0.0357. The van der Waals surface area contributed by atoms with Crippen molar-refractivity contribution in [2.75, 3.05) is 59.0 Å². The van der Waals surface area contributed by atoms with Gasteiger partial charge in [-0.3, -0.25) is 19.3 Å². The number of hydrogen-bond donors (Lipinski definition) is 5. The molecule has 0 bridgehead atoms. The van der Waals surface area contributed by atoms with Crippen molar-refractivity contribution < 1.29 is 39.2 Å². The Balaban J connectivity index is 0.659. The molecule has 3 fully saturated rings. The Hall–Kier alpha value is -7.62. The zero-order chi connectivity index (χ0) is 51.2. The molecule has 4 heterocycles. The van der Waals surface area contributed by atoms with Gasteiger partial charge in [-0.15, -0.1) is 0 Å². The maximum absolute atomic E-state index is 13.9. The van der Waals surface area contributed by atoms with Crippen molar-refractivity contribution in [3.8, 4) is 11.5 Å². The first-order chi connectivity index (χ1) is 35.9. The van der Waals surface area contributed by atoms with E-state index in [-0.39, 0.29) is 54.2 Å². The number of benzene rings is 6. The average molecular weight is 996 g/mol. The highest BCUT2D eigenvalue weighted by atomic mass is 16.5. The number of carbonyl (C=O) groups excluding carboxylic acids is 3. The van der Waals surface area contributed by atoms with E-state index in [0.717, 1.165) is 43.6 Å². The number of aromatic amines is 1. The van der Waals surface area contributed by atoms with E-state index in [2.05, 4.69) is 39.5 Å². The third-order valence-corrected chi connectivity index (χ3v) is 14.8. The topological polar surface area (TPSA) is 185 Å². The van der Waals surface area contributed by atoms with Gasteiger partial charge in [0.05, 0.1) is 18.2 Å². The van der Waals surface area contributed by atoms with E-state index < -0.39 is 17.7 Å². The Morgan fingerprint density at radius 1 is 0.716 bits per heavy atom. The monoisotopic (exact) mass is 995 g/mol. The number of hydrogen-bond acceptors (Lipinski definition) is 11. The number of ether oxygens (including phenoxy) is 2. The summed E-state index contributed by atoms with van der Waals surface area (Å²) in [5.41, 5.74) is 3.49. The van der Waals surface area contributed by atoms with E-state index in [1.54, 1.807) is 72.8 Å². The van der Waals surface area contributed by atoms with Gasteiger partial charge in [0.1, 0.15) is 18.1 Å². The van der Waals surface area contributed by atoms with Crippen LogP contribution < -0.4 is 15.6 Å². The SMILES string of the molecule is O=C(c1ccc(CCNC[C@H](O)c2ccc(O)c3[nH]c(=O)ccc23)cc1)N1CC2(C1)CN(C(=O)c1ccc(COc3cccc([C@](O)(C(=O)OCC4CCN(Cc5ccccc5)CC4)c4ccccc4)c3)cc1)C2. The number of nitrogens with zero attached hydrogens (tertiary/aromatic N) is 3. The molecule has 3 saturated heterocycles. The molecular formula is C60H61N5O9. The van der Waals surface area contributed by atoms with Crippen LogP contribution in [0.3, 0.4) is 0 Å². The molecule has 380 valence electrons. The molecular weight excluding hydrogens is 935 g/mol. The van der Waals surface area contributed by atoms with Crippen LogP contribution >= 0.6 is 0 Å². The van der Waals surface area contributed by atoms with Crippen LogP contribution in [0.25, 0.3) is 10.9 Å². The molecule has 10 rings (SSSR count). The van der Waals surface area contributed by atoms with Gasteiger partial charge in [-0.1, -0.05) is 103 Å². The number of aromatic hydroxyl groups is 1. The third kappa shape index (κ3) is 11.0. The number of piperidine rings is 1. The summed E-state index contributed by atoms with van der Waals surface area (Å²) in [5, 5.41) is 37.1. The second-order valence-corrected chi connectivity index (χ2v) is 20.2. The van der Waals surface area contributed by atoms with Crippen molar-refractivity contribution in [1.29, 1.82) is 0 Å². The van der Waals surface area contributed by atoms with Crippen LogP contribution in [0.1, 0.15) is 73.0 Å². The average Bonchev–Trinajstić information content (AvgIpc) is 3.42. The molecule has 14 heteroatoms. The van der Waals surface area contributed by atoms with Crippen LogP contribution in [0.4, 0.5) is 0 Å². The van der Waals surface area contributed by atoms with Crippen molar-refractivity contribution in [2.24, 2.45) is 11.3 Å². The number of pyridine rings is 1. The third-order valence-electron chi connectivity index (χ3n) is 14.8. The van der Waals surface area contributed by atoms with Gasteiger partial charge in [-0.05, 0) is 121 Å². The van der Waals surface area contributed by atoms with Gasteiger partial charge in [-0.25, -0.2) is 4.79 Å². The normalized spacial score (nSPS) is 16.7. The molecule has 74 heavy (non-hydrogen) atoms. The lowest BCUT2D eigenvalue weighted by atomic mass is 9.72. The van der Waals surface area contributed by atoms with Gasteiger partial charge in [0, 0.05) is 72.8 Å².